The summed E-state index contributed by atoms with van der Waals surface area (Å²) in [5, 5.41) is 5.70. The first-order valence-corrected chi connectivity index (χ1v) is 6.19. The van der Waals surface area contributed by atoms with Gasteiger partial charge in [-0.3, -0.25) is 4.68 Å². The largest absolute Gasteiger partial charge is 0.339 e. The molecule has 2 heterocycles. The molecule has 0 radical (unpaired) electrons. The van der Waals surface area contributed by atoms with Gasteiger partial charge in [-0.1, -0.05) is 18.2 Å². The lowest BCUT2D eigenvalue weighted by Crippen LogP contribution is -2.06. The van der Waals surface area contributed by atoms with Gasteiger partial charge in [-0.15, -0.1) is 0 Å². The van der Waals surface area contributed by atoms with Crippen molar-refractivity contribution in [2.45, 2.75) is 20.4 Å². The molecule has 18 heavy (non-hydrogen) atoms. The van der Waals surface area contributed by atoms with Crippen molar-refractivity contribution in [3.63, 3.8) is 0 Å². The van der Waals surface area contributed by atoms with Crippen molar-refractivity contribution in [1.82, 2.24) is 14.3 Å². The molecule has 3 aromatic rings. The summed E-state index contributed by atoms with van der Waals surface area (Å²) in [5.41, 5.74) is 4.88. The van der Waals surface area contributed by atoms with E-state index in [2.05, 4.69) is 53.0 Å². The van der Waals surface area contributed by atoms with Crippen molar-refractivity contribution in [3.8, 4) is 0 Å². The van der Waals surface area contributed by atoms with Gasteiger partial charge in [0.05, 0.1) is 17.9 Å². The molecule has 3 nitrogen and oxygen atoms in total. The lowest BCUT2D eigenvalue weighted by molar-refractivity contribution is 0.666. The zero-order valence-electron chi connectivity index (χ0n) is 11.0. The number of hydrogen-bond donors (Lipinski definition) is 0. The Labute approximate surface area is 107 Å². The molecule has 3 rings (SSSR count). The molecule has 0 atom stereocenters. The van der Waals surface area contributed by atoms with E-state index in [1.165, 1.54) is 22.3 Å². The monoisotopic (exact) mass is 239 g/mol. The van der Waals surface area contributed by atoms with Crippen molar-refractivity contribution in [2.75, 3.05) is 0 Å². The van der Waals surface area contributed by atoms with Gasteiger partial charge in [0.15, 0.2) is 0 Å². The van der Waals surface area contributed by atoms with Crippen LogP contribution in [0.3, 0.4) is 0 Å². The van der Waals surface area contributed by atoms with Gasteiger partial charge in [-0.25, -0.2) is 0 Å². The van der Waals surface area contributed by atoms with Crippen LogP contribution in [0, 0.1) is 13.8 Å². The maximum atomic E-state index is 4.40. The number of nitrogens with zero attached hydrogens (tertiary/aromatic N) is 3. The van der Waals surface area contributed by atoms with Gasteiger partial charge in [0.25, 0.3) is 0 Å². The molecule has 0 fully saturated rings. The quantitative estimate of drug-likeness (QED) is 0.674. The smallest absolute Gasteiger partial charge is 0.0648 e. The van der Waals surface area contributed by atoms with E-state index in [-0.39, 0.29) is 0 Å². The minimum atomic E-state index is 0.872. The molecule has 0 aliphatic heterocycles. The maximum absolute atomic E-state index is 4.40. The van der Waals surface area contributed by atoms with Crippen molar-refractivity contribution >= 4 is 10.9 Å². The van der Waals surface area contributed by atoms with Gasteiger partial charge in [0, 0.05) is 18.3 Å². The fraction of sp³-hybridized carbons (Fsp3) is 0.267. The highest BCUT2D eigenvalue weighted by atomic mass is 15.3. The minimum absolute atomic E-state index is 0.872. The average Bonchev–Trinajstić information content (AvgIpc) is 2.81. The first-order chi connectivity index (χ1) is 8.65. The van der Waals surface area contributed by atoms with Crippen LogP contribution >= 0.6 is 0 Å². The Morgan fingerprint density at radius 3 is 2.61 bits per heavy atom. The normalized spacial score (nSPS) is 11.3. The Morgan fingerprint density at radius 1 is 1.11 bits per heavy atom. The lowest BCUT2D eigenvalue weighted by atomic mass is 10.2. The van der Waals surface area contributed by atoms with Crippen LogP contribution in [-0.4, -0.2) is 14.3 Å². The molecule has 0 N–H and O–H groups in total. The molecule has 0 amide bonds. The van der Waals surface area contributed by atoms with Crippen LogP contribution in [0.4, 0.5) is 0 Å². The third-order valence-corrected chi connectivity index (χ3v) is 3.44. The third kappa shape index (κ3) is 1.72. The van der Waals surface area contributed by atoms with E-state index in [0.717, 1.165) is 12.2 Å². The fourth-order valence-electron chi connectivity index (χ4n) is 2.53. The van der Waals surface area contributed by atoms with Crippen LogP contribution in [0.15, 0.2) is 36.4 Å². The number of hydrogen-bond acceptors (Lipinski definition) is 1. The molecule has 92 valence electrons. The van der Waals surface area contributed by atoms with E-state index in [4.69, 9.17) is 0 Å². The first kappa shape index (κ1) is 11.1. The minimum Gasteiger partial charge on any atom is -0.339 e. The number of aromatic nitrogens is 3. The number of benzene rings is 1. The summed E-state index contributed by atoms with van der Waals surface area (Å²) in [7, 11) is 2.00. The Bertz CT molecular complexity index is 704. The van der Waals surface area contributed by atoms with E-state index in [0.29, 0.717) is 0 Å². The van der Waals surface area contributed by atoms with Gasteiger partial charge < -0.3 is 4.57 Å². The first-order valence-electron chi connectivity index (χ1n) is 6.19. The van der Waals surface area contributed by atoms with E-state index in [1.807, 2.05) is 18.7 Å². The summed E-state index contributed by atoms with van der Waals surface area (Å²) < 4.78 is 4.30. The molecular weight excluding hydrogens is 222 g/mol. The lowest BCUT2D eigenvalue weighted by Gasteiger charge is -2.08. The highest BCUT2D eigenvalue weighted by Gasteiger charge is 2.08. The Hall–Kier alpha value is -2.03. The number of fused-ring (bicyclic) bond motifs is 1. The summed E-state index contributed by atoms with van der Waals surface area (Å²) in [6.45, 7) is 5.06. The second kappa shape index (κ2) is 4.02. The van der Waals surface area contributed by atoms with Crippen molar-refractivity contribution in [3.05, 3.63) is 53.5 Å². The molecule has 0 saturated heterocycles. The number of rotatable bonds is 2. The molecule has 2 aromatic heterocycles. The van der Waals surface area contributed by atoms with Crippen molar-refractivity contribution in [2.24, 2.45) is 7.05 Å². The van der Waals surface area contributed by atoms with Crippen LogP contribution in [0.2, 0.25) is 0 Å². The predicted molar refractivity (Wildman–Crippen MR) is 73.7 cm³/mol. The molecule has 0 bridgehead atoms. The van der Waals surface area contributed by atoms with Crippen molar-refractivity contribution < 1.29 is 0 Å². The fourth-order valence-corrected chi connectivity index (χ4v) is 2.53. The maximum Gasteiger partial charge on any atom is 0.0648 e. The predicted octanol–water partition coefficient (Wildman–Crippen LogP) is 3.04. The van der Waals surface area contributed by atoms with Gasteiger partial charge in [-0.2, -0.15) is 5.10 Å². The number of para-hydroxylation sites is 1. The molecule has 0 unspecified atom stereocenters. The van der Waals surface area contributed by atoms with E-state index < -0.39 is 0 Å². The van der Waals surface area contributed by atoms with E-state index in [9.17, 15) is 0 Å². The Kier molecular flexibility index (Phi) is 2.47. The summed E-state index contributed by atoms with van der Waals surface area (Å²) >= 11 is 0. The van der Waals surface area contributed by atoms with Crippen LogP contribution < -0.4 is 0 Å². The van der Waals surface area contributed by atoms with Gasteiger partial charge in [0.1, 0.15) is 0 Å². The molecule has 0 saturated carbocycles. The third-order valence-electron chi connectivity index (χ3n) is 3.44. The summed E-state index contributed by atoms with van der Waals surface area (Å²) in [4.78, 5) is 0. The second-order valence-corrected chi connectivity index (χ2v) is 4.83. The average molecular weight is 239 g/mol. The van der Waals surface area contributed by atoms with Gasteiger partial charge >= 0.3 is 0 Å². The molecular formula is C15H17N3. The zero-order valence-corrected chi connectivity index (χ0v) is 11.0. The van der Waals surface area contributed by atoms with Crippen LogP contribution in [0.25, 0.3) is 10.9 Å². The standard InChI is InChI=1S/C15H17N3/c1-11-8-14(17(3)16-11)10-18-12(2)9-13-6-4-5-7-15(13)18/h4-9H,10H2,1-3H3. The number of aryl methyl sites for hydroxylation is 3. The van der Waals surface area contributed by atoms with Crippen LogP contribution in [-0.2, 0) is 13.6 Å². The summed E-state index contributed by atoms with van der Waals surface area (Å²) in [6.07, 6.45) is 0. The van der Waals surface area contributed by atoms with Crippen LogP contribution in [0.5, 0.6) is 0 Å². The zero-order chi connectivity index (χ0) is 12.7. The molecule has 3 heteroatoms. The van der Waals surface area contributed by atoms with Crippen molar-refractivity contribution in [1.29, 1.82) is 0 Å². The Balaban J connectivity index is 2.09. The van der Waals surface area contributed by atoms with Gasteiger partial charge in [-0.05, 0) is 37.4 Å². The second-order valence-electron chi connectivity index (χ2n) is 4.83. The Morgan fingerprint density at radius 2 is 1.89 bits per heavy atom. The topological polar surface area (TPSA) is 22.8 Å². The van der Waals surface area contributed by atoms with Gasteiger partial charge in [0.2, 0.25) is 0 Å². The SMILES string of the molecule is Cc1cc(Cn2c(C)cc3ccccc32)n(C)n1. The van der Waals surface area contributed by atoms with E-state index in [1.54, 1.807) is 0 Å². The van der Waals surface area contributed by atoms with E-state index >= 15 is 0 Å². The van der Waals surface area contributed by atoms with Crippen LogP contribution in [0.1, 0.15) is 17.1 Å². The molecule has 1 aromatic carbocycles. The highest BCUT2D eigenvalue weighted by molar-refractivity contribution is 5.81. The summed E-state index contributed by atoms with van der Waals surface area (Å²) in [5.74, 6) is 0. The molecule has 0 aliphatic rings. The molecule has 0 spiro atoms. The highest BCUT2D eigenvalue weighted by Crippen LogP contribution is 2.20. The summed E-state index contributed by atoms with van der Waals surface area (Å²) in [6, 6.07) is 12.9. The molecule has 0 aliphatic carbocycles.